The van der Waals surface area contributed by atoms with Crippen molar-refractivity contribution in [1.29, 1.82) is 0 Å². The number of carboxylic acid groups (broad SMARTS) is 1. The molecule has 0 aliphatic heterocycles. The van der Waals surface area contributed by atoms with Gasteiger partial charge in [0.2, 0.25) is 0 Å². The molecule has 6 heteroatoms. The van der Waals surface area contributed by atoms with Gasteiger partial charge in [-0.2, -0.15) is 0 Å². The van der Waals surface area contributed by atoms with Crippen LogP contribution in [0, 0.1) is 0 Å². The minimum Gasteiger partial charge on any atom is -0.480 e. The Balaban J connectivity index is 2.96. The smallest absolute Gasteiger partial charge is 0.323 e. The van der Waals surface area contributed by atoms with Crippen molar-refractivity contribution in [3.05, 3.63) is 28.2 Å². The zero-order valence-electron chi connectivity index (χ0n) is 8.61. The fraction of sp³-hybridized carbons (Fsp3) is 0.200. The number of carboxylic acids is 1. The maximum absolute atomic E-state index is 11.8. The summed E-state index contributed by atoms with van der Waals surface area (Å²) in [4.78, 5) is 23.4. The van der Waals surface area contributed by atoms with Crippen molar-refractivity contribution in [3.63, 3.8) is 0 Å². The van der Waals surface area contributed by atoms with Gasteiger partial charge in [0, 0.05) is 11.5 Å². The number of hydrogen-bond donors (Lipinski definition) is 2. The van der Waals surface area contributed by atoms with E-state index in [1.54, 1.807) is 18.2 Å². The van der Waals surface area contributed by atoms with E-state index in [1.807, 2.05) is 0 Å². The zero-order valence-corrected chi connectivity index (χ0v) is 10.2. The van der Waals surface area contributed by atoms with Gasteiger partial charge in [-0.3, -0.25) is 9.59 Å². The molecule has 0 aromatic heterocycles. The van der Waals surface area contributed by atoms with E-state index in [2.05, 4.69) is 15.9 Å². The third-order valence-corrected chi connectivity index (χ3v) is 2.69. The summed E-state index contributed by atoms with van der Waals surface area (Å²) in [5.74, 6) is -1.48. The number of rotatable bonds is 3. The van der Waals surface area contributed by atoms with Crippen LogP contribution in [0.5, 0.6) is 0 Å². The second-order valence-corrected chi connectivity index (χ2v) is 4.11. The van der Waals surface area contributed by atoms with E-state index >= 15 is 0 Å². The van der Waals surface area contributed by atoms with Gasteiger partial charge >= 0.3 is 5.97 Å². The molecule has 86 valence electrons. The quantitative estimate of drug-likeness (QED) is 0.818. The van der Waals surface area contributed by atoms with Gasteiger partial charge in [0.05, 0.1) is 11.3 Å². The number of hydrogen-bond acceptors (Lipinski definition) is 3. The number of anilines is 1. The normalized spacial score (nSPS) is 9.88. The Morgan fingerprint density at radius 1 is 1.50 bits per heavy atom. The number of carbonyl (C=O) groups excluding carboxylic acids is 1. The van der Waals surface area contributed by atoms with Gasteiger partial charge < -0.3 is 15.7 Å². The molecule has 0 unspecified atom stereocenters. The van der Waals surface area contributed by atoms with Gasteiger partial charge in [0.25, 0.3) is 5.91 Å². The van der Waals surface area contributed by atoms with Gasteiger partial charge in [0.1, 0.15) is 6.54 Å². The largest absolute Gasteiger partial charge is 0.480 e. The second-order valence-electron chi connectivity index (χ2n) is 3.26. The Hall–Kier alpha value is -1.56. The minimum atomic E-state index is -1.07. The fourth-order valence-electron chi connectivity index (χ4n) is 1.20. The molecule has 1 aromatic rings. The van der Waals surface area contributed by atoms with Gasteiger partial charge in [-0.15, -0.1) is 0 Å². The molecule has 0 aliphatic rings. The standard InChI is InChI=1S/C10H11BrN2O3/c1-13(5-8(14)15)10(16)6-3-2-4-7(11)9(6)12/h2-4H,5,12H2,1H3,(H,14,15). The van der Waals surface area contributed by atoms with E-state index in [4.69, 9.17) is 10.8 Å². The van der Waals surface area contributed by atoms with Crippen LogP contribution in [0.1, 0.15) is 10.4 Å². The number of likely N-dealkylation sites (N-methyl/N-ethyl adjacent to an activating group) is 1. The molecule has 1 aromatic carbocycles. The molecule has 1 amide bonds. The SMILES string of the molecule is CN(CC(=O)O)C(=O)c1cccc(Br)c1N. The molecule has 1 rings (SSSR count). The molecule has 0 bridgehead atoms. The van der Waals surface area contributed by atoms with Crippen LogP contribution in [0.4, 0.5) is 5.69 Å². The summed E-state index contributed by atoms with van der Waals surface area (Å²) in [6, 6.07) is 4.94. The Kier molecular flexibility index (Phi) is 3.89. The lowest BCUT2D eigenvalue weighted by atomic mass is 10.1. The lowest BCUT2D eigenvalue weighted by molar-refractivity contribution is -0.137. The first-order chi connectivity index (χ1) is 7.43. The third kappa shape index (κ3) is 2.73. The summed E-state index contributed by atoms with van der Waals surface area (Å²) in [5, 5.41) is 8.57. The molecule has 5 nitrogen and oxygen atoms in total. The Bertz CT molecular complexity index is 434. The monoisotopic (exact) mass is 286 g/mol. The zero-order chi connectivity index (χ0) is 12.3. The highest BCUT2D eigenvalue weighted by atomic mass is 79.9. The highest BCUT2D eigenvalue weighted by Gasteiger charge is 2.17. The predicted molar refractivity (Wildman–Crippen MR) is 63.2 cm³/mol. The summed E-state index contributed by atoms with van der Waals surface area (Å²) in [5.41, 5.74) is 6.31. The lowest BCUT2D eigenvalue weighted by Gasteiger charge is -2.16. The van der Waals surface area contributed by atoms with Crippen LogP contribution < -0.4 is 5.73 Å². The maximum Gasteiger partial charge on any atom is 0.323 e. The molecule has 0 saturated heterocycles. The molecule has 16 heavy (non-hydrogen) atoms. The molecule has 0 radical (unpaired) electrons. The highest BCUT2D eigenvalue weighted by Crippen LogP contribution is 2.23. The van der Waals surface area contributed by atoms with Crippen molar-refractivity contribution < 1.29 is 14.7 Å². The van der Waals surface area contributed by atoms with Crippen molar-refractivity contribution in [2.24, 2.45) is 0 Å². The number of aliphatic carboxylic acids is 1. The van der Waals surface area contributed by atoms with Gasteiger partial charge in [-0.25, -0.2) is 0 Å². The molecule has 0 heterocycles. The molecule has 0 aliphatic carbocycles. The van der Waals surface area contributed by atoms with Crippen molar-refractivity contribution in [3.8, 4) is 0 Å². The molecule has 0 spiro atoms. The summed E-state index contributed by atoms with van der Waals surface area (Å²) >= 11 is 3.20. The van der Waals surface area contributed by atoms with E-state index in [-0.39, 0.29) is 12.1 Å². The lowest BCUT2D eigenvalue weighted by Crippen LogP contribution is -2.32. The third-order valence-electron chi connectivity index (χ3n) is 2.00. The van der Waals surface area contributed by atoms with Crippen molar-refractivity contribution in [2.45, 2.75) is 0 Å². The fourth-order valence-corrected chi connectivity index (χ4v) is 1.57. The van der Waals surface area contributed by atoms with Crippen molar-refractivity contribution >= 4 is 33.5 Å². The number of nitrogens with two attached hydrogens (primary N) is 1. The molecular weight excluding hydrogens is 276 g/mol. The maximum atomic E-state index is 11.8. The van der Waals surface area contributed by atoms with Gasteiger partial charge in [-0.1, -0.05) is 6.07 Å². The van der Waals surface area contributed by atoms with E-state index < -0.39 is 11.9 Å². The van der Waals surface area contributed by atoms with E-state index in [9.17, 15) is 9.59 Å². The Labute approximate surface area is 101 Å². The topological polar surface area (TPSA) is 83.6 Å². The number of nitrogen functional groups attached to an aromatic ring is 1. The second kappa shape index (κ2) is 4.98. The first-order valence-corrected chi connectivity index (χ1v) is 5.24. The highest BCUT2D eigenvalue weighted by molar-refractivity contribution is 9.10. The molecule has 0 saturated carbocycles. The van der Waals surface area contributed by atoms with Crippen molar-refractivity contribution in [1.82, 2.24) is 4.90 Å². The molecule has 0 atom stereocenters. The van der Waals surface area contributed by atoms with Crippen LogP contribution >= 0.6 is 15.9 Å². The number of para-hydroxylation sites is 1. The van der Waals surface area contributed by atoms with Gasteiger partial charge in [0.15, 0.2) is 0 Å². The molecular formula is C10H11BrN2O3. The Morgan fingerprint density at radius 2 is 2.12 bits per heavy atom. The summed E-state index contributed by atoms with van der Waals surface area (Å²) in [6.45, 7) is -0.356. The van der Waals surface area contributed by atoms with E-state index in [0.717, 1.165) is 4.90 Å². The average molecular weight is 287 g/mol. The summed E-state index contributed by atoms with van der Waals surface area (Å²) in [6.07, 6.45) is 0. The molecule has 3 N–H and O–H groups in total. The Morgan fingerprint density at radius 3 is 2.69 bits per heavy atom. The van der Waals surface area contributed by atoms with E-state index in [0.29, 0.717) is 10.2 Å². The van der Waals surface area contributed by atoms with Crippen LogP contribution in [-0.4, -0.2) is 35.5 Å². The summed E-state index contributed by atoms with van der Waals surface area (Å²) in [7, 11) is 1.41. The van der Waals surface area contributed by atoms with Crippen LogP contribution in [0.3, 0.4) is 0 Å². The number of halogens is 1. The number of amides is 1. The van der Waals surface area contributed by atoms with Crippen molar-refractivity contribution in [2.75, 3.05) is 19.3 Å². The van der Waals surface area contributed by atoms with Gasteiger partial charge in [-0.05, 0) is 28.1 Å². The van der Waals surface area contributed by atoms with E-state index in [1.165, 1.54) is 7.05 Å². The molecule has 0 fully saturated rings. The first-order valence-electron chi connectivity index (χ1n) is 4.44. The minimum absolute atomic E-state index is 0.290. The number of benzene rings is 1. The van der Waals surface area contributed by atoms with Crippen LogP contribution in [0.25, 0.3) is 0 Å². The summed E-state index contributed by atoms with van der Waals surface area (Å²) < 4.78 is 0.613. The van der Waals surface area contributed by atoms with Crippen LogP contribution in [-0.2, 0) is 4.79 Å². The predicted octanol–water partition coefficient (Wildman–Crippen LogP) is 1.19. The first kappa shape index (κ1) is 12.5. The average Bonchev–Trinajstić information content (AvgIpc) is 2.20. The number of carbonyl (C=O) groups is 2. The number of nitrogens with zero attached hydrogens (tertiary/aromatic N) is 1. The van der Waals surface area contributed by atoms with Crippen LogP contribution in [0.2, 0.25) is 0 Å². The van der Waals surface area contributed by atoms with Crippen LogP contribution in [0.15, 0.2) is 22.7 Å².